The van der Waals surface area contributed by atoms with E-state index in [0.29, 0.717) is 16.5 Å². The lowest BCUT2D eigenvalue weighted by atomic mass is 10.1. The highest BCUT2D eigenvalue weighted by molar-refractivity contribution is 6.30. The molecule has 0 atom stereocenters. The van der Waals surface area contributed by atoms with Crippen molar-refractivity contribution in [2.75, 3.05) is 0 Å². The average Bonchev–Trinajstić information content (AvgIpc) is 2.55. The molecule has 0 fully saturated rings. The van der Waals surface area contributed by atoms with Gasteiger partial charge >= 0.3 is 0 Å². The lowest BCUT2D eigenvalue weighted by molar-refractivity contribution is 0.0940. The predicted octanol–water partition coefficient (Wildman–Crippen LogP) is 2.95. The van der Waals surface area contributed by atoms with E-state index in [4.69, 9.17) is 11.6 Å². The molecule has 0 aliphatic carbocycles. The van der Waals surface area contributed by atoms with Gasteiger partial charge in [0.25, 0.3) is 11.5 Å². The van der Waals surface area contributed by atoms with Crippen LogP contribution in [-0.2, 0) is 6.54 Å². The molecule has 122 valence electrons. The maximum absolute atomic E-state index is 13.1. The molecule has 0 unspecified atom stereocenters. The van der Waals surface area contributed by atoms with Gasteiger partial charge in [0.15, 0.2) is 5.82 Å². The molecule has 0 saturated heterocycles. The lowest BCUT2D eigenvalue weighted by Gasteiger charge is -2.07. The summed E-state index contributed by atoms with van der Waals surface area (Å²) in [6.45, 7) is 1.94. The van der Waals surface area contributed by atoms with Crippen molar-refractivity contribution >= 4 is 28.4 Å². The Morgan fingerprint density at radius 2 is 2.12 bits per heavy atom. The van der Waals surface area contributed by atoms with Gasteiger partial charge in [0.2, 0.25) is 0 Å². The third-order valence-electron chi connectivity index (χ3n) is 3.59. The summed E-state index contributed by atoms with van der Waals surface area (Å²) in [6.07, 6.45) is 0. The number of hydrogen-bond acceptors (Lipinski definition) is 3. The quantitative estimate of drug-likeness (QED) is 0.766. The summed E-state index contributed by atoms with van der Waals surface area (Å²) in [4.78, 5) is 31.0. The Kier molecular flexibility index (Phi) is 4.31. The Morgan fingerprint density at radius 1 is 1.33 bits per heavy atom. The van der Waals surface area contributed by atoms with E-state index in [0.717, 1.165) is 5.56 Å². The minimum atomic E-state index is -0.532. The van der Waals surface area contributed by atoms with Gasteiger partial charge in [-0.1, -0.05) is 29.8 Å². The topological polar surface area (TPSA) is 74.8 Å². The van der Waals surface area contributed by atoms with Gasteiger partial charge in [-0.15, -0.1) is 0 Å². The van der Waals surface area contributed by atoms with E-state index < -0.39 is 11.7 Å². The highest BCUT2D eigenvalue weighted by Crippen LogP contribution is 2.16. The molecule has 3 aromatic rings. The Balaban J connectivity index is 1.83. The van der Waals surface area contributed by atoms with E-state index in [2.05, 4.69) is 15.3 Å². The van der Waals surface area contributed by atoms with Crippen LogP contribution in [0, 0.1) is 12.7 Å². The number of carbonyl (C=O) groups excluding carboxylic acids is 1. The molecule has 1 amide bonds. The van der Waals surface area contributed by atoms with E-state index in [1.165, 1.54) is 18.2 Å². The Labute approximate surface area is 141 Å². The number of rotatable bonds is 3. The molecular weight excluding hydrogens is 333 g/mol. The number of nitrogens with zero attached hydrogens (tertiary/aromatic N) is 1. The van der Waals surface area contributed by atoms with Crippen molar-refractivity contribution in [1.82, 2.24) is 15.3 Å². The molecule has 3 rings (SSSR count). The molecular formula is C17H13ClFN3O2. The number of carbonyl (C=O) groups is 1. The van der Waals surface area contributed by atoms with Crippen molar-refractivity contribution in [3.63, 3.8) is 0 Å². The fourth-order valence-electron chi connectivity index (χ4n) is 2.38. The van der Waals surface area contributed by atoms with Crippen molar-refractivity contribution in [3.05, 3.63) is 74.5 Å². The second-order valence-corrected chi connectivity index (χ2v) is 5.72. The monoisotopic (exact) mass is 345 g/mol. The number of aryl methyl sites for hydroxylation is 1. The summed E-state index contributed by atoms with van der Waals surface area (Å²) in [5, 5.41) is 3.05. The first-order chi connectivity index (χ1) is 11.5. The molecule has 2 aromatic carbocycles. The lowest BCUT2D eigenvalue weighted by Crippen LogP contribution is -2.27. The summed E-state index contributed by atoms with van der Waals surface area (Å²) in [7, 11) is 0. The second kappa shape index (κ2) is 6.41. The molecule has 0 aliphatic rings. The normalized spacial score (nSPS) is 10.8. The Morgan fingerprint density at radius 3 is 2.88 bits per heavy atom. The molecule has 0 spiro atoms. The zero-order valence-corrected chi connectivity index (χ0v) is 13.4. The zero-order valence-electron chi connectivity index (χ0n) is 12.7. The fraction of sp³-hybridized carbons (Fsp3) is 0.118. The molecule has 7 heteroatoms. The number of benzene rings is 2. The van der Waals surface area contributed by atoms with Gasteiger partial charge in [-0.3, -0.25) is 9.59 Å². The van der Waals surface area contributed by atoms with E-state index >= 15 is 0 Å². The third kappa shape index (κ3) is 3.14. The number of H-pyrrole nitrogens is 1. The molecule has 2 N–H and O–H groups in total. The Bertz CT molecular complexity index is 1000. The van der Waals surface area contributed by atoms with Crippen LogP contribution in [0.3, 0.4) is 0 Å². The Hall–Kier alpha value is -2.73. The second-order valence-electron chi connectivity index (χ2n) is 5.31. The van der Waals surface area contributed by atoms with Crippen LogP contribution in [0.25, 0.3) is 10.9 Å². The zero-order chi connectivity index (χ0) is 17.3. The summed E-state index contributed by atoms with van der Waals surface area (Å²) in [5.74, 6) is -1.13. The summed E-state index contributed by atoms with van der Waals surface area (Å²) in [5.41, 5.74) is 1.50. The van der Waals surface area contributed by atoms with Crippen LogP contribution in [0.4, 0.5) is 4.39 Å². The van der Waals surface area contributed by atoms with Crippen LogP contribution in [0.1, 0.15) is 21.7 Å². The van der Waals surface area contributed by atoms with E-state index in [9.17, 15) is 14.0 Å². The van der Waals surface area contributed by atoms with E-state index in [1.807, 2.05) is 0 Å². The molecule has 0 saturated carbocycles. The number of halogens is 2. The van der Waals surface area contributed by atoms with E-state index in [-0.39, 0.29) is 23.0 Å². The van der Waals surface area contributed by atoms with Crippen molar-refractivity contribution in [2.45, 2.75) is 13.5 Å². The van der Waals surface area contributed by atoms with Crippen LogP contribution >= 0.6 is 11.6 Å². The summed E-state index contributed by atoms with van der Waals surface area (Å²) in [6, 6.07) is 9.42. The van der Waals surface area contributed by atoms with Crippen molar-refractivity contribution in [1.29, 1.82) is 0 Å². The van der Waals surface area contributed by atoms with Crippen LogP contribution < -0.4 is 10.9 Å². The highest BCUT2D eigenvalue weighted by Gasteiger charge is 2.12. The minimum absolute atomic E-state index is 0.0190. The van der Waals surface area contributed by atoms with Gasteiger partial charge in [0.05, 0.1) is 15.9 Å². The van der Waals surface area contributed by atoms with Gasteiger partial charge in [-0.05, 0) is 36.2 Å². The summed E-state index contributed by atoms with van der Waals surface area (Å²) < 4.78 is 13.1. The standard InChI is InChI=1S/C17H13ClFN3O2/c1-9-3-2-4-13-14(9)16(23)22-15(21-13)17(24)20-8-10-5-6-12(19)11(18)7-10/h2-7H,8H2,1H3,(H,20,24)(H,21,22,23). The van der Waals surface area contributed by atoms with Crippen LogP contribution in [0.2, 0.25) is 5.02 Å². The number of amides is 1. The molecule has 5 nitrogen and oxygen atoms in total. The molecule has 1 aromatic heterocycles. The predicted molar refractivity (Wildman–Crippen MR) is 89.7 cm³/mol. The number of aromatic amines is 1. The SMILES string of the molecule is Cc1cccc2nc(C(=O)NCc3ccc(F)c(Cl)c3)[nH]c(=O)c12. The van der Waals surface area contributed by atoms with E-state index in [1.54, 1.807) is 25.1 Å². The first-order valence-electron chi connectivity index (χ1n) is 7.17. The van der Waals surface area contributed by atoms with Crippen molar-refractivity contribution in [2.24, 2.45) is 0 Å². The molecule has 24 heavy (non-hydrogen) atoms. The first-order valence-corrected chi connectivity index (χ1v) is 7.55. The van der Waals surface area contributed by atoms with Crippen LogP contribution in [-0.4, -0.2) is 15.9 Å². The highest BCUT2D eigenvalue weighted by atomic mass is 35.5. The fourth-order valence-corrected chi connectivity index (χ4v) is 2.59. The minimum Gasteiger partial charge on any atom is -0.345 e. The van der Waals surface area contributed by atoms with Gasteiger partial charge < -0.3 is 10.3 Å². The molecule has 0 bridgehead atoms. The molecule has 0 radical (unpaired) electrons. The smallest absolute Gasteiger partial charge is 0.287 e. The third-order valence-corrected chi connectivity index (χ3v) is 3.88. The van der Waals surface area contributed by atoms with Crippen molar-refractivity contribution in [3.8, 4) is 0 Å². The van der Waals surface area contributed by atoms with Crippen LogP contribution in [0.5, 0.6) is 0 Å². The molecule has 1 heterocycles. The summed E-state index contributed by atoms with van der Waals surface area (Å²) >= 11 is 5.70. The number of hydrogen-bond donors (Lipinski definition) is 2. The first kappa shape index (κ1) is 16.1. The molecule has 0 aliphatic heterocycles. The van der Waals surface area contributed by atoms with Gasteiger partial charge in [-0.25, -0.2) is 9.37 Å². The maximum Gasteiger partial charge on any atom is 0.287 e. The number of nitrogens with one attached hydrogen (secondary N) is 2. The largest absolute Gasteiger partial charge is 0.345 e. The van der Waals surface area contributed by atoms with Crippen molar-refractivity contribution < 1.29 is 9.18 Å². The van der Waals surface area contributed by atoms with Gasteiger partial charge in [0, 0.05) is 6.54 Å². The van der Waals surface area contributed by atoms with Crippen LogP contribution in [0.15, 0.2) is 41.2 Å². The van der Waals surface area contributed by atoms with Gasteiger partial charge in [-0.2, -0.15) is 0 Å². The number of aromatic nitrogens is 2. The average molecular weight is 346 g/mol. The maximum atomic E-state index is 13.1. The number of fused-ring (bicyclic) bond motifs is 1. The van der Waals surface area contributed by atoms with Gasteiger partial charge in [0.1, 0.15) is 5.82 Å².